The number of hydrogen-bond acceptors (Lipinski definition) is 6. The standard InChI is InChI=1S/C30H39N7O/c1-34(2)26-13-18-37(20-26)25-9-10-27-28(19-25)31-21-32-29(27)22-11-16-36(17-12-22)30(38)33-23-5-7-24(8-6-23)35-14-3-4-15-35/h5-10,19,21-22,26H,3-4,11-18,20H2,1-2H3,(H,33,38). The Balaban J connectivity index is 1.07. The summed E-state index contributed by atoms with van der Waals surface area (Å²) in [5.74, 6) is 0.333. The predicted molar refractivity (Wildman–Crippen MR) is 154 cm³/mol. The third-order valence-electron chi connectivity index (χ3n) is 8.67. The van der Waals surface area contributed by atoms with Crippen molar-refractivity contribution in [2.45, 2.75) is 44.1 Å². The third-order valence-corrected chi connectivity index (χ3v) is 8.67. The second kappa shape index (κ2) is 10.8. The fraction of sp³-hybridized carbons (Fsp3) is 0.500. The van der Waals surface area contributed by atoms with Gasteiger partial charge in [-0.05, 0) is 88.7 Å². The van der Waals surface area contributed by atoms with Gasteiger partial charge in [-0.2, -0.15) is 0 Å². The number of likely N-dealkylation sites (tertiary alicyclic amines) is 1. The van der Waals surface area contributed by atoms with E-state index >= 15 is 0 Å². The number of amides is 2. The molecule has 3 aromatic rings. The molecule has 3 fully saturated rings. The quantitative estimate of drug-likeness (QED) is 0.530. The summed E-state index contributed by atoms with van der Waals surface area (Å²) in [5, 5.41) is 4.23. The van der Waals surface area contributed by atoms with Crippen molar-refractivity contribution in [3.8, 4) is 0 Å². The summed E-state index contributed by atoms with van der Waals surface area (Å²) in [7, 11) is 4.32. The van der Waals surface area contributed by atoms with Crippen molar-refractivity contribution in [3.63, 3.8) is 0 Å². The first-order chi connectivity index (χ1) is 18.5. The first kappa shape index (κ1) is 24.9. The van der Waals surface area contributed by atoms with E-state index in [-0.39, 0.29) is 6.03 Å². The van der Waals surface area contributed by atoms with Crippen LogP contribution in [0.4, 0.5) is 21.9 Å². The number of hydrogen-bond donors (Lipinski definition) is 1. The van der Waals surface area contributed by atoms with E-state index < -0.39 is 0 Å². The molecule has 0 saturated carbocycles. The number of aromatic nitrogens is 2. The largest absolute Gasteiger partial charge is 0.372 e. The van der Waals surface area contributed by atoms with Crippen LogP contribution in [0.2, 0.25) is 0 Å². The van der Waals surface area contributed by atoms with E-state index in [9.17, 15) is 4.79 Å². The lowest BCUT2D eigenvalue weighted by molar-refractivity contribution is 0.194. The van der Waals surface area contributed by atoms with Gasteiger partial charge in [-0.1, -0.05) is 0 Å². The van der Waals surface area contributed by atoms with Crippen LogP contribution >= 0.6 is 0 Å². The highest BCUT2D eigenvalue weighted by molar-refractivity contribution is 5.90. The average Bonchev–Trinajstić information content (AvgIpc) is 3.66. The lowest BCUT2D eigenvalue weighted by Crippen LogP contribution is -2.40. The van der Waals surface area contributed by atoms with Gasteiger partial charge >= 0.3 is 6.03 Å². The van der Waals surface area contributed by atoms with Gasteiger partial charge in [0, 0.05) is 73.7 Å². The summed E-state index contributed by atoms with van der Waals surface area (Å²) in [6, 6.07) is 15.5. The number of carbonyl (C=O) groups is 1. The van der Waals surface area contributed by atoms with Crippen molar-refractivity contribution in [3.05, 3.63) is 54.5 Å². The first-order valence-corrected chi connectivity index (χ1v) is 14.1. The number of carbonyl (C=O) groups excluding carboxylic acids is 1. The first-order valence-electron chi connectivity index (χ1n) is 14.1. The Morgan fingerprint density at radius 1 is 0.868 bits per heavy atom. The summed E-state index contributed by atoms with van der Waals surface area (Å²) in [4.78, 5) is 31.4. The molecule has 2 aromatic carbocycles. The SMILES string of the molecule is CN(C)C1CCN(c2ccc3c(C4CCN(C(=O)Nc5ccc(N6CCCC6)cc5)CC4)ncnc3c2)C1. The molecule has 1 N–H and O–H groups in total. The van der Waals surface area contributed by atoms with Crippen LogP contribution in [0.5, 0.6) is 0 Å². The fourth-order valence-electron chi connectivity index (χ4n) is 6.28. The van der Waals surface area contributed by atoms with Gasteiger partial charge in [-0.15, -0.1) is 0 Å². The Bertz CT molecular complexity index is 1260. The summed E-state index contributed by atoms with van der Waals surface area (Å²) in [6.07, 6.45) is 7.24. The van der Waals surface area contributed by atoms with Crippen molar-refractivity contribution in [2.75, 3.05) is 68.5 Å². The summed E-state index contributed by atoms with van der Waals surface area (Å²) in [6.45, 7) is 5.84. The number of anilines is 3. The molecule has 8 nitrogen and oxygen atoms in total. The molecule has 1 aromatic heterocycles. The lowest BCUT2D eigenvalue weighted by Gasteiger charge is -2.32. The smallest absolute Gasteiger partial charge is 0.321 e. The van der Waals surface area contributed by atoms with Gasteiger partial charge in [0.1, 0.15) is 6.33 Å². The van der Waals surface area contributed by atoms with Crippen LogP contribution in [0.1, 0.15) is 43.7 Å². The number of urea groups is 1. The molecule has 3 saturated heterocycles. The van der Waals surface area contributed by atoms with Gasteiger partial charge in [0.25, 0.3) is 0 Å². The molecule has 2 amide bonds. The molecule has 8 heteroatoms. The van der Waals surface area contributed by atoms with Crippen molar-refractivity contribution < 1.29 is 4.79 Å². The topological polar surface area (TPSA) is 67.8 Å². The number of rotatable bonds is 5. The molecule has 1 unspecified atom stereocenters. The molecule has 0 radical (unpaired) electrons. The van der Waals surface area contributed by atoms with Crippen LogP contribution in [0, 0.1) is 0 Å². The zero-order chi connectivity index (χ0) is 26.1. The number of nitrogens with one attached hydrogen (secondary N) is 1. The molecule has 6 rings (SSSR count). The van der Waals surface area contributed by atoms with Gasteiger partial charge in [0.15, 0.2) is 0 Å². The zero-order valence-corrected chi connectivity index (χ0v) is 22.6. The van der Waals surface area contributed by atoms with E-state index in [0.717, 1.165) is 74.4 Å². The Labute approximate surface area is 225 Å². The number of piperidine rings is 1. The minimum absolute atomic E-state index is 0.0174. The minimum Gasteiger partial charge on any atom is -0.372 e. The molecule has 3 aliphatic rings. The molecular weight excluding hydrogens is 474 g/mol. The summed E-state index contributed by atoms with van der Waals surface area (Å²) >= 11 is 0. The van der Waals surface area contributed by atoms with Crippen LogP contribution < -0.4 is 15.1 Å². The fourth-order valence-corrected chi connectivity index (χ4v) is 6.28. The molecule has 0 bridgehead atoms. The van der Waals surface area contributed by atoms with Crippen LogP contribution in [0.15, 0.2) is 48.8 Å². The van der Waals surface area contributed by atoms with Crippen molar-refractivity contribution in [1.29, 1.82) is 0 Å². The molecular formula is C30H39N7O. The Hall–Kier alpha value is -3.39. The van der Waals surface area contributed by atoms with Crippen LogP contribution in [-0.4, -0.2) is 85.2 Å². The summed E-state index contributed by atoms with van der Waals surface area (Å²) < 4.78 is 0. The highest BCUT2D eigenvalue weighted by Gasteiger charge is 2.27. The van der Waals surface area contributed by atoms with E-state index in [1.807, 2.05) is 17.0 Å². The maximum Gasteiger partial charge on any atom is 0.321 e. The van der Waals surface area contributed by atoms with E-state index in [1.165, 1.54) is 30.6 Å². The normalized spacial score (nSPS) is 20.6. The van der Waals surface area contributed by atoms with E-state index in [2.05, 4.69) is 69.4 Å². The number of fused-ring (bicyclic) bond motifs is 1. The van der Waals surface area contributed by atoms with Crippen molar-refractivity contribution in [1.82, 2.24) is 19.8 Å². The zero-order valence-electron chi connectivity index (χ0n) is 22.6. The van der Waals surface area contributed by atoms with Gasteiger partial charge in [0.05, 0.1) is 11.2 Å². The highest BCUT2D eigenvalue weighted by Crippen LogP contribution is 2.33. The van der Waals surface area contributed by atoms with Gasteiger partial charge in [-0.25, -0.2) is 14.8 Å². The van der Waals surface area contributed by atoms with Gasteiger partial charge < -0.3 is 24.9 Å². The number of nitrogens with zero attached hydrogens (tertiary/aromatic N) is 6. The molecule has 1 atom stereocenters. The average molecular weight is 514 g/mol. The number of likely N-dealkylation sites (N-methyl/N-ethyl adjacent to an activating group) is 1. The van der Waals surface area contributed by atoms with E-state index in [0.29, 0.717) is 12.0 Å². The maximum absolute atomic E-state index is 13.0. The van der Waals surface area contributed by atoms with E-state index in [4.69, 9.17) is 4.98 Å². The Morgan fingerprint density at radius 2 is 1.61 bits per heavy atom. The maximum atomic E-state index is 13.0. The monoisotopic (exact) mass is 513 g/mol. The predicted octanol–water partition coefficient (Wildman–Crippen LogP) is 4.78. The highest BCUT2D eigenvalue weighted by atomic mass is 16.2. The van der Waals surface area contributed by atoms with Crippen LogP contribution in [0.25, 0.3) is 10.9 Å². The third kappa shape index (κ3) is 5.14. The molecule has 200 valence electrons. The van der Waals surface area contributed by atoms with Gasteiger partial charge in [-0.3, -0.25) is 0 Å². The van der Waals surface area contributed by atoms with Gasteiger partial charge in [0.2, 0.25) is 0 Å². The molecule has 0 spiro atoms. The second-order valence-corrected chi connectivity index (χ2v) is 11.2. The molecule has 38 heavy (non-hydrogen) atoms. The number of benzene rings is 2. The van der Waals surface area contributed by atoms with Crippen LogP contribution in [-0.2, 0) is 0 Å². The van der Waals surface area contributed by atoms with E-state index in [1.54, 1.807) is 6.33 Å². The van der Waals surface area contributed by atoms with Crippen LogP contribution in [0.3, 0.4) is 0 Å². The van der Waals surface area contributed by atoms with Crippen molar-refractivity contribution in [2.24, 2.45) is 0 Å². The molecule has 0 aliphatic carbocycles. The lowest BCUT2D eigenvalue weighted by atomic mass is 9.91. The molecule has 3 aliphatic heterocycles. The molecule has 4 heterocycles. The van der Waals surface area contributed by atoms with Crippen molar-refractivity contribution >= 4 is 34.0 Å². The Kier molecular flexibility index (Phi) is 7.06. The second-order valence-electron chi connectivity index (χ2n) is 11.2. The minimum atomic E-state index is -0.0174. The Morgan fingerprint density at radius 3 is 2.32 bits per heavy atom. The summed E-state index contributed by atoms with van der Waals surface area (Å²) in [5.41, 5.74) is 5.47.